The molecular weight excluding hydrogens is 168 g/mol. The minimum absolute atomic E-state index is 1.09. The van der Waals surface area contributed by atoms with E-state index in [1.165, 1.54) is 17.3 Å². The minimum atomic E-state index is 1.09. The number of hydrogen-bond donors (Lipinski definition) is 0. The average molecular weight is 184 g/mol. The van der Waals surface area contributed by atoms with Crippen LogP contribution < -0.4 is 0 Å². The van der Waals surface area contributed by atoms with Crippen molar-refractivity contribution in [1.82, 2.24) is 9.55 Å². The summed E-state index contributed by atoms with van der Waals surface area (Å²) in [6, 6.07) is 0. The van der Waals surface area contributed by atoms with Gasteiger partial charge in [0.25, 0.3) is 0 Å². The molecule has 0 N–H and O–H groups in total. The lowest BCUT2D eigenvalue weighted by atomic mass is 10.4. The van der Waals surface area contributed by atoms with E-state index < -0.39 is 0 Å². The first-order valence-electron chi connectivity index (χ1n) is 4.30. The van der Waals surface area contributed by atoms with E-state index in [0.717, 1.165) is 12.1 Å². The third-order valence-corrected chi connectivity index (χ3v) is 2.67. The van der Waals surface area contributed by atoms with Gasteiger partial charge in [0.1, 0.15) is 5.82 Å². The predicted octanol–water partition coefficient (Wildman–Crippen LogP) is 2.02. The van der Waals surface area contributed by atoms with Gasteiger partial charge in [-0.25, -0.2) is 4.98 Å². The number of imidazole rings is 1. The second-order valence-corrected chi connectivity index (χ2v) is 4.25. The molecule has 2 nitrogen and oxygen atoms in total. The highest BCUT2D eigenvalue weighted by molar-refractivity contribution is 7.99. The summed E-state index contributed by atoms with van der Waals surface area (Å²) in [5.74, 6) is 3.58. The molecule has 0 aliphatic rings. The zero-order valence-corrected chi connectivity index (χ0v) is 8.82. The summed E-state index contributed by atoms with van der Waals surface area (Å²) in [7, 11) is 2.06. The van der Waals surface area contributed by atoms with Crippen molar-refractivity contribution in [2.45, 2.75) is 20.3 Å². The number of hydrogen-bond acceptors (Lipinski definition) is 2. The van der Waals surface area contributed by atoms with E-state index in [2.05, 4.69) is 29.7 Å². The Balaban J connectivity index is 2.45. The predicted molar refractivity (Wildman–Crippen MR) is 54.6 cm³/mol. The molecule has 0 spiro atoms. The molecule has 0 amide bonds. The summed E-state index contributed by atoms with van der Waals surface area (Å²) >= 11 is 1.97. The Labute approximate surface area is 78.4 Å². The standard InChI is InChI=1S/C9H16N2S/c1-4-12-6-5-9-10-8(2)7-11(9)3/h7H,4-6H2,1-3H3. The number of aromatic nitrogens is 2. The van der Waals surface area contributed by atoms with Crippen molar-refractivity contribution in [3.63, 3.8) is 0 Å². The van der Waals surface area contributed by atoms with Crippen LogP contribution in [0.1, 0.15) is 18.4 Å². The lowest BCUT2D eigenvalue weighted by molar-refractivity contribution is 0.811. The largest absolute Gasteiger partial charge is 0.338 e. The summed E-state index contributed by atoms with van der Waals surface area (Å²) in [6.07, 6.45) is 3.16. The SMILES string of the molecule is CCSCCc1nc(C)cn1C. The Kier molecular flexibility index (Phi) is 3.66. The summed E-state index contributed by atoms with van der Waals surface area (Å²) in [5.41, 5.74) is 1.12. The maximum Gasteiger partial charge on any atom is 0.109 e. The van der Waals surface area contributed by atoms with Crippen LogP contribution in [0.5, 0.6) is 0 Å². The van der Waals surface area contributed by atoms with E-state index >= 15 is 0 Å². The maximum atomic E-state index is 4.43. The van der Waals surface area contributed by atoms with Crippen LogP contribution >= 0.6 is 11.8 Å². The molecule has 3 heteroatoms. The molecule has 0 aliphatic carbocycles. The number of thioether (sulfide) groups is 1. The van der Waals surface area contributed by atoms with Gasteiger partial charge in [-0.3, -0.25) is 0 Å². The second-order valence-electron chi connectivity index (χ2n) is 2.86. The maximum absolute atomic E-state index is 4.43. The third-order valence-electron chi connectivity index (χ3n) is 1.77. The van der Waals surface area contributed by atoms with E-state index in [0.29, 0.717) is 0 Å². The highest BCUT2D eigenvalue weighted by Gasteiger charge is 2.00. The monoisotopic (exact) mass is 184 g/mol. The smallest absolute Gasteiger partial charge is 0.109 e. The van der Waals surface area contributed by atoms with Gasteiger partial charge in [-0.05, 0) is 12.7 Å². The molecule has 0 aliphatic heterocycles. The van der Waals surface area contributed by atoms with Gasteiger partial charge in [0.15, 0.2) is 0 Å². The summed E-state index contributed by atoms with van der Waals surface area (Å²) in [5, 5.41) is 0. The van der Waals surface area contributed by atoms with Crippen molar-refractivity contribution in [2.24, 2.45) is 7.05 Å². The lowest BCUT2D eigenvalue weighted by Gasteiger charge is -1.99. The lowest BCUT2D eigenvalue weighted by Crippen LogP contribution is -1.98. The van der Waals surface area contributed by atoms with E-state index in [9.17, 15) is 0 Å². The van der Waals surface area contributed by atoms with Crippen molar-refractivity contribution >= 4 is 11.8 Å². The fourth-order valence-electron chi connectivity index (χ4n) is 1.21. The molecule has 1 heterocycles. The van der Waals surface area contributed by atoms with Crippen molar-refractivity contribution < 1.29 is 0 Å². The summed E-state index contributed by atoms with van der Waals surface area (Å²) in [6.45, 7) is 4.23. The first kappa shape index (κ1) is 9.65. The van der Waals surface area contributed by atoms with Crippen LogP contribution in [0, 0.1) is 6.92 Å². The van der Waals surface area contributed by atoms with Gasteiger partial charge in [0.05, 0.1) is 5.69 Å². The molecule has 0 radical (unpaired) electrons. The molecule has 68 valence electrons. The molecule has 12 heavy (non-hydrogen) atoms. The number of nitrogens with zero attached hydrogens (tertiary/aromatic N) is 2. The molecule has 0 unspecified atom stereocenters. The molecule has 0 aromatic carbocycles. The Hall–Kier alpha value is -0.440. The highest BCUT2D eigenvalue weighted by atomic mass is 32.2. The number of aryl methyl sites for hydroxylation is 3. The molecule has 0 fully saturated rings. The molecule has 0 saturated heterocycles. The minimum Gasteiger partial charge on any atom is -0.338 e. The summed E-state index contributed by atoms with van der Waals surface area (Å²) < 4.78 is 2.12. The Morgan fingerprint density at radius 2 is 2.33 bits per heavy atom. The molecule has 0 atom stereocenters. The Bertz CT molecular complexity index is 243. The molecule has 1 aromatic rings. The molecule has 1 rings (SSSR count). The fraction of sp³-hybridized carbons (Fsp3) is 0.667. The first-order valence-corrected chi connectivity index (χ1v) is 5.46. The third kappa shape index (κ3) is 2.55. The zero-order chi connectivity index (χ0) is 8.97. The highest BCUT2D eigenvalue weighted by Crippen LogP contribution is 2.05. The van der Waals surface area contributed by atoms with E-state index in [-0.39, 0.29) is 0 Å². The molecule has 0 saturated carbocycles. The molecule has 0 bridgehead atoms. The quantitative estimate of drug-likeness (QED) is 0.666. The van der Waals surface area contributed by atoms with Gasteiger partial charge in [-0.1, -0.05) is 6.92 Å². The normalized spacial score (nSPS) is 10.6. The van der Waals surface area contributed by atoms with Gasteiger partial charge in [0.2, 0.25) is 0 Å². The van der Waals surface area contributed by atoms with Crippen molar-refractivity contribution in [2.75, 3.05) is 11.5 Å². The van der Waals surface area contributed by atoms with Crippen LogP contribution in [0.4, 0.5) is 0 Å². The van der Waals surface area contributed by atoms with Crippen LogP contribution in [-0.2, 0) is 13.5 Å². The fourth-order valence-corrected chi connectivity index (χ4v) is 1.82. The summed E-state index contributed by atoms with van der Waals surface area (Å²) in [4.78, 5) is 4.43. The second kappa shape index (κ2) is 4.55. The van der Waals surface area contributed by atoms with Gasteiger partial charge < -0.3 is 4.57 Å². The Morgan fingerprint density at radius 1 is 1.58 bits per heavy atom. The van der Waals surface area contributed by atoms with Gasteiger partial charge in [0, 0.05) is 25.4 Å². The van der Waals surface area contributed by atoms with Crippen molar-refractivity contribution in [1.29, 1.82) is 0 Å². The van der Waals surface area contributed by atoms with Gasteiger partial charge in [-0.15, -0.1) is 0 Å². The van der Waals surface area contributed by atoms with E-state index in [1.807, 2.05) is 18.7 Å². The van der Waals surface area contributed by atoms with Crippen LogP contribution in [0.3, 0.4) is 0 Å². The average Bonchev–Trinajstić information content (AvgIpc) is 2.31. The number of rotatable bonds is 4. The molecular formula is C9H16N2S. The van der Waals surface area contributed by atoms with Crippen LogP contribution in [0.25, 0.3) is 0 Å². The Morgan fingerprint density at radius 3 is 2.83 bits per heavy atom. The first-order chi connectivity index (χ1) is 5.74. The van der Waals surface area contributed by atoms with Crippen LogP contribution in [-0.4, -0.2) is 21.1 Å². The zero-order valence-electron chi connectivity index (χ0n) is 8.00. The van der Waals surface area contributed by atoms with Gasteiger partial charge in [-0.2, -0.15) is 11.8 Å². The topological polar surface area (TPSA) is 17.8 Å². The van der Waals surface area contributed by atoms with E-state index in [1.54, 1.807) is 0 Å². The van der Waals surface area contributed by atoms with Crippen LogP contribution in [0.15, 0.2) is 6.20 Å². The van der Waals surface area contributed by atoms with Crippen LogP contribution in [0.2, 0.25) is 0 Å². The molecule has 1 aromatic heterocycles. The van der Waals surface area contributed by atoms with Crippen molar-refractivity contribution in [3.05, 3.63) is 17.7 Å². The van der Waals surface area contributed by atoms with E-state index in [4.69, 9.17) is 0 Å². The van der Waals surface area contributed by atoms with Gasteiger partial charge >= 0.3 is 0 Å². The van der Waals surface area contributed by atoms with Crippen molar-refractivity contribution in [3.8, 4) is 0 Å².